The Morgan fingerprint density at radius 1 is 1.36 bits per heavy atom. The van der Waals surface area contributed by atoms with E-state index in [2.05, 4.69) is 0 Å². The minimum absolute atomic E-state index is 0.0157. The molecule has 0 amide bonds. The van der Waals surface area contributed by atoms with Gasteiger partial charge in [-0.15, -0.1) is 0 Å². The number of rotatable bonds is 2. The van der Waals surface area contributed by atoms with Crippen molar-refractivity contribution in [1.29, 1.82) is 0 Å². The number of carbonyl (C=O) groups is 1. The highest BCUT2D eigenvalue weighted by molar-refractivity contribution is 5.70. The van der Waals surface area contributed by atoms with Gasteiger partial charge in [-0.1, -0.05) is 0 Å². The van der Waals surface area contributed by atoms with Gasteiger partial charge in [0.1, 0.15) is 5.60 Å². The van der Waals surface area contributed by atoms with Crippen molar-refractivity contribution in [2.75, 3.05) is 0 Å². The molecule has 2 heteroatoms. The molecule has 1 spiro atoms. The van der Waals surface area contributed by atoms with Crippen molar-refractivity contribution in [1.82, 2.24) is 0 Å². The van der Waals surface area contributed by atoms with E-state index >= 15 is 0 Å². The highest BCUT2D eigenvalue weighted by atomic mass is 16.6. The predicted molar refractivity (Wildman–Crippen MR) is 54.9 cm³/mol. The zero-order valence-electron chi connectivity index (χ0n) is 9.43. The maximum atomic E-state index is 11.5. The van der Waals surface area contributed by atoms with Crippen LogP contribution in [0.15, 0.2) is 0 Å². The zero-order chi connectivity index (χ0) is 10.4. The molecule has 0 radical (unpaired) electrons. The first-order valence-corrected chi connectivity index (χ1v) is 5.60. The summed E-state index contributed by atoms with van der Waals surface area (Å²) in [4.78, 5) is 11.5. The zero-order valence-corrected chi connectivity index (χ0v) is 9.43. The Balaban J connectivity index is 1.68. The monoisotopic (exact) mass is 196 g/mol. The Hall–Kier alpha value is -0.530. The third-order valence-corrected chi connectivity index (χ3v) is 3.28. The summed E-state index contributed by atoms with van der Waals surface area (Å²) in [5.74, 6) is 0.602. The lowest BCUT2D eigenvalue weighted by molar-refractivity contribution is -0.157. The number of carbonyl (C=O) groups excluding carboxylic acids is 1. The summed E-state index contributed by atoms with van der Waals surface area (Å²) >= 11 is 0. The van der Waals surface area contributed by atoms with Gasteiger partial charge in [-0.3, -0.25) is 4.79 Å². The second-order valence-electron chi connectivity index (χ2n) is 6.06. The lowest BCUT2D eigenvalue weighted by Gasteiger charge is -2.35. The molecule has 0 N–H and O–H groups in total. The van der Waals surface area contributed by atoms with E-state index in [4.69, 9.17) is 4.74 Å². The summed E-state index contributed by atoms with van der Waals surface area (Å²) in [6.07, 6.45) is 5.98. The minimum Gasteiger partial charge on any atom is -0.460 e. The van der Waals surface area contributed by atoms with Gasteiger partial charge in [0.25, 0.3) is 0 Å². The quantitative estimate of drug-likeness (QED) is 0.635. The van der Waals surface area contributed by atoms with Gasteiger partial charge in [0.05, 0.1) is 0 Å². The molecule has 0 atom stereocenters. The molecule has 0 aromatic carbocycles. The third-order valence-electron chi connectivity index (χ3n) is 3.28. The molecule has 2 aliphatic rings. The molecule has 0 aromatic rings. The fraction of sp³-hybridized carbons (Fsp3) is 0.917. The maximum Gasteiger partial charge on any atom is 0.306 e. The van der Waals surface area contributed by atoms with Gasteiger partial charge in [-0.05, 0) is 57.8 Å². The van der Waals surface area contributed by atoms with Crippen LogP contribution in [0.1, 0.15) is 52.9 Å². The van der Waals surface area contributed by atoms with Crippen LogP contribution in [0.4, 0.5) is 0 Å². The minimum atomic E-state index is -0.321. The average molecular weight is 196 g/mol. The summed E-state index contributed by atoms with van der Waals surface area (Å²) in [5, 5.41) is 0. The van der Waals surface area contributed by atoms with Crippen LogP contribution in [0.5, 0.6) is 0 Å². The molecule has 0 bridgehead atoms. The van der Waals surface area contributed by atoms with Crippen LogP contribution in [-0.4, -0.2) is 11.6 Å². The topological polar surface area (TPSA) is 26.3 Å². The fourth-order valence-electron chi connectivity index (χ4n) is 2.51. The fourth-order valence-corrected chi connectivity index (χ4v) is 2.51. The van der Waals surface area contributed by atoms with Crippen molar-refractivity contribution in [2.45, 2.75) is 58.5 Å². The molecule has 2 nitrogen and oxygen atoms in total. The van der Waals surface area contributed by atoms with Crippen LogP contribution in [-0.2, 0) is 9.53 Å². The number of hydrogen-bond donors (Lipinski definition) is 0. The first kappa shape index (κ1) is 10.0. The summed E-state index contributed by atoms with van der Waals surface area (Å²) in [7, 11) is 0. The van der Waals surface area contributed by atoms with Crippen molar-refractivity contribution in [3.8, 4) is 0 Å². The molecule has 2 aliphatic carbocycles. The molecule has 2 saturated carbocycles. The van der Waals surface area contributed by atoms with E-state index in [1.165, 1.54) is 25.7 Å². The molecule has 0 aliphatic heterocycles. The second-order valence-corrected chi connectivity index (χ2v) is 6.06. The van der Waals surface area contributed by atoms with Crippen molar-refractivity contribution < 1.29 is 9.53 Å². The molecule has 0 unspecified atom stereocenters. The maximum absolute atomic E-state index is 11.5. The van der Waals surface area contributed by atoms with E-state index in [-0.39, 0.29) is 11.6 Å². The second kappa shape index (κ2) is 2.98. The van der Waals surface area contributed by atoms with E-state index in [1.54, 1.807) is 0 Å². The first-order chi connectivity index (χ1) is 6.39. The summed E-state index contributed by atoms with van der Waals surface area (Å²) < 4.78 is 5.29. The van der Waals surface area contributed by atoms with Crippen LogP contribution in [0.25, 0.3) is 0 Å². The van der Waals surface area contributed by atoms with Gasteiger partial charge in [-0.2, -0.15) is 0 Å². The van der Waals surface area contributed by atoms with Gasteiger partial charge in [0.2, 0.25) is 0 Å². The number of hydrogen-bond acceptors (Lipinski definition) is 2. The Bertz CT molecular complexity index is 238. The molecule has 2 rings (SSSR count). The Labute approximate surface area is 86.0 Å². The van der Waals surface area contributed by atoms with Crippen molar-refractivity contribution >= 4 is 5.97 Å². The van der Waals surface area contributed by atoms with Crippen LogP contribution in [0.3, 0.4) is 0 Å². The van der Waals surface area contributed by atoms with E-state index in [1.807, 2.05) is 20.8 Å². The lowest BCUT2D eigenvalue weighted by Crippen LogP contribution is -2.30. The highest BCUT2D eigenvalue weighted by Crippen LogP contribution is 2.64. The summed E-state index contributed by atoms with van der Waals surface area (Å²) in [6, 6.07) is 0. The first-order valence-electron chi connectivity index (χ1n) is 5.60. The van der Waals surface area contributed by atoms with E-state index in [9.17, 15) is 4.79 Å². The molecular formula is C12H20O2. The molecular weight excluding hydrogens is 176 g/mol. The van der Waals surface area contributed by atoms with Crippen LogP contribution in [0.2, 0.25) is 0 Å². The number of esters is 1. The normalized spacial score (nSPS) is 24.5. The lowest BCUT2D eigenvalue weighted by atomic mass is 9.70. The Kier molecular flexibility index (Phi) is 2.13. The Morgan fingerprint density at radius 3 is 2.36 bits per heavy atom. The number of ether oxygens (including phenoxy) is 1. The molecule has 0 heterocycles. The van der Waals surface area contributed by atoms with Crippen LogP contribution in [0, 0.1) is 11.3 Å². The summed E-state index contributed by atoms with van der Waals surface area (Å²) in [5.41, 5.74) is 0.380. The van der Waals surface area contributed by atoms with Crippen LogP contribution < -0.4 is 0 Å². The van der Waals surface area contributed by atoms with Crippen molar-refractivity contribution in [2.24, 2.45) is 11.3 Å². The standard InChI is InChI=1S/C12H20O2/c1-11(2,3)14-10(13)6-9-7-12(8-9)4-5-12/h9H,4-8H2,1-3H3. The van der Waals surface area contributed by atoms with Crippen molar-refractivity contribution in [3.05, 3.63) is 0 Å². The highest BCUT2D eigenvalue weighted by Gasteiger charge is 2.53. The molecule has 0 saturated heterocycles. The third kappa shape index (κ3) is 2.28. The largest absolute Gasteiger partial charge is 0.460 e. The average Bonchev–Trinajstić information content (AvgIpc) is 2.60. The van der Waals surface area contributed by atoms with Crippen molar-refractivity contribution in [3.63, 3.8) is 0 Å². The van der Waals surface area contributed by atoms with Gasteiger partial charge < -0.3 is 4.74 Å². The van der Waals surface area contributed by atoms with E-state index < -0.39 is 0 Å². The molecule has 14 heavy (non-hydrogen) atoms. The molecule has 0 aromatic heterocycles. The SMILES string of the molecule is CC(C)(C)OC(=O)CC1CC2(CC2)C1. The smallest absolute Gasteiger partial charge is 0.306 e. The van der Waals surface area contributed by atoms with Gasteiger partial charge in [0.15, 0.2) is 0 Å². The Morgan fingerprint density at radius 2 is 1.93 bits per heavy atom. The van der Waals surface area contributed by atoms with E-state index in [0.717, 1.165) is 0 Å². The molecule has 80 valence electrons. The predicted octanol–water partition coefficient (Wildman–Crippen LogP) is 2.91. The van der Waals surface area contributed by atoms with E-state index in [0.29, 0.717) is 17.8 Å². The van der Waals surface area contributed by atoms with Gasteiger partial charge >= 0.3 is 5.97 Å². The van der Waals surface area contributed by atoms with Gasteiger partial charge in [-0.25, -0.2) is 0 Å². The van der Waals surface area contributed by atoms with Gasteiger partial charge in [0, 0.05) is 6.42 Å². The summed E-state index contributed by atoms with van der Waals surface area (Å²) in [6.45, 7) is 5.77. The van der Waals surface area contributed by atoms with Crippen LogP contribution >= 0.6 is 0 Å². The molecule has 2 fully saturated rings.